The average Bonchev–Trinajstić information content (AvgIpc) is 2.74. The van der Waals surface area contributed by atoms with Gasteiger partial charge in [0.05, 0.1) is 10.9 Å². The van der Waals surface area contributed by atoms with Crippen LogP contribution in [0.15, 0.2) is 89.8 Å². The predicted octanol–water partition coefficient (Wildman–Crippen LogP) is 3.83. The lowest BCUT2D eigenvalue weighted by atomic mass is 10.0. The van der Waals surface area contributed by atoms with Crippen molar-refractivity contribution in [2.45, 2.75) is 24.3 Å². The van der Waals surface area contributed by atoms with Crippen LogP contribution in [0.4, 0.5) is 0 Å². The number of benzene rings is 3. The predicted molar refractivity (Wildman–Crippen MR) is 114 cm³/mol. The molecule has 1 atom stereocenters. The van der Waals surface area contributed by atoms with Gasteiger partial charge in [-0.05, 0) is 43.2 Å². The van der Waals surface area contributed by atoms with E-state index in [4.69, 9.17) is 0 Å². The molecule has 150 valence electrons. The van der Waals surface area contributed by atoms with Gasteiger partial charge in [-0.1, -0.05) is 66.2 Å². The summed E-state index contributed by atoms with van der Waals surface area (Å²) in [4.78, 5) is 12.8. The molecule has 0 aliphatic carbocycles. The van der Waals surface area contributed by atoms with Gasteiger partial charge in [-0.15, -0.1) is 0 Å². The highest BCUT2D eigenvalue weighted by Crippen LogP contribution is 2.18. The maximum atomic E-state index is 12.6. The standard InChI is InChI=1S/C23H24N2O3S/c1-18-12-14-21(15-13-18)29(27,28)24-17-16-22(19-8-4-2-5-9-19)25-23(26)20-10-6-3-7-11-20/h2-15,22,24H,16-17H2,1H3,(H,25,26). The average molecular weight is 409 g/mol. The Kier molecular flexibility index (Phi) is 6.80. The highest BCUT2D eigenvalue weighted by Gasteiger charge is 2.18. The number of hydrogen-bond acceptors (Lipinski definition) is 3. The smallest absolute Gasteiger partial charge is 0.251 e. The van der Waals surface area contributed by atoms with Gasteiger partial charge in [-0.3, -0.25) is 4.79 Å². The van der Waals surface area contributed by atoms with Gasteiger partial charge in [-0.25, -0.2) is 13.1 Å². The number of carbonyl (C=O) groups is 1. The van der Waals surface area contributed by atoms with Gasteiger partial charge in [0.25, 0.3) is 5.91 Å². The molecule has 0 radical (unpaired) electrons. The van der Waals surface area contributed by atoms with E-state index in [1.54, 1.807) is 36.4 Å². The van der Waals surface area contributed by atoms with Crippen molar-refractivity contribution in [3.63, 3.8) is 0 Å². The third kappa shape index (κ3) is 5.76. The number of carbonyl (C=O) groups excluding carboxylic acids is 1. The summed E-state index contributed by atoms with van der Waals surface area (Å²) in [5.41, 5.74) is 2.48. The lowest BCUT2D eigenvalue weighted by molar-refractivity contribution is 0.0935. The van der Waals surface area contributed by atoms with E-state index in [1.807, 2.05) is 55.5 Å². The minimum atomic E-state index is -3.60. The maximum absolute atomic E-state index is 12.6. The normalized spacial score (nSPS) is 12.3. The Labute approximate surface area is 171 Å². The monoisotopic (exact) mass is 408 g/mol. The molecule has 0 spiro atoms. The van der Waals surface area contributed by atoms with Crippen molar-refractivity contribution >= 4 is 15.9 Å². The molecular weight excluding hydrogens is 384 g/mol. The van der Waals surface area contributed by atoms with Crippen LogP contribution in [-0.4, -0.2) is 20.9 Å². The summed E-state index contributed by atoms with van der Waals surface area (Å²) in [5.74, 6) is -0.194. The van der Waals surface area contributed by atoms with Crippen LogP contribution < -0.4 is 10.0 Å². The SMILES string of the molecule is Cc1ccc(S(=O)(=O)NCCC(NC(=O)c2ccccc2)c2ccccc2)cc1. The van der Waals surface area contributed by atoms with Crippen LogP contribution in [0.25, 0.3) is 0 Å². The van der Waals surface area contributed by atoms with Crippen LogP contribution in [0.2, 0.25) is 0 Å². The second-order valence-electron chi connectivity index (χ2n) is 6.80. The Morgan fingerprint density at radius 3 is 2.07 bits per heavy atom. The first-order valence-electron chi connectivity index (χ1n) is 9.43. The van der Waals surface area contributed by atoms with Crippen molar-refractivity contribution < 1.29 is 13.2 Å². The van der Waals surface area contributed by atoms with Crippen molar-refractivity contribution in [2.75, 3.05) is 6.54 Å². The summed E-state index contributed by atoms with van der Waals surface area (Å²) in [7, 11) is -3.60. The number of hydrogen-bond donors (Lipinski definition) is 2. The summed E-state index contributed by atoms with van der Waals surface area (Å²) in [6.45, 7) is 2.11. The van der Waals surface area contributed by atoms with E-state index in [2.05, 4.69) is 10.0 Å². The first-order chi connectivity index (χ1) is 14.0. The summed E-state index contributed by atoms with van der Waals surface area (Å²) in [6, 6.07) is 24.9. The van der Waals surface area contributed by atoms with E-state index in [-0.39, 0.29) is 23.4 Å². The van der Waals surface area contributed by atoms with Gasteiger partial charge in [-0.2, -0.15) is 0 Å². The zero-order valence-corrected chi connectivity index (χ0v) is 17.0. The van der Waals surface area contributed by atoms with Gasteiger partial charge < -0.3 is 5.32 Å². The van der Waals surface area contributed by atoms with E-state index < -0.39 is 10.0 Å². The molecule has 0 saturated heterocycles. The van der Waals surface area contributed by atoms with E-state index >= 15 is 0 Å². The number of sulfonamides is 1. The third-order valence-electron chi connectivity index (χ3n) is 4.60. The number of nitrogens with one attached hydrogen (secondary N) is 2. The minimum Gasteiger partial charge on any atom is -0.345 e. The van der Waals surface area contributed by atoms with E-state index in [0.29, 0.717) is 12.0 Å². The highest BCUT2D eigenvalue weighted by atomic mass is 32.2. The lowest BCUT2D eigenvalue weighted by Crippen LogP contribution is -2.32. The Bertz CT molecular complexity index is 1030. The fourth-order valence-electron chi connectivity index (χ4n) is 2.98. The molecule has 0 heterocycles. The van der Waals surface area contributed by atoms with Gasteiger partial charge in [0.1, 0.15) is 0 Å². The van der Waals surface area contributed by atoms with Crippen LogP contribution >= 0.6 is 0 Å². The minimum absolute atomic E-state index is 0.194. The topological polar surface area (TPSA) is 75.3 Å². The first kappa shape index (κ1) is 20.8. The van der Waals surface area contributed by atoms with Crippen molar-refractivity contribution in [3.8, 4) is 0 Å². The highest BCUT2D eigenvalue weighted by molar-refractivity contribution is 7.89. The van der Waals surface area contributed by atoms with E-state index in [9.17, 15) is 13.2 Å². The molecule has 0 bridgehead atoms. The summed E-state index contributed by atoms with van der Waals surface area (Å²) >= 11 is 0. The molecule has 1 unspecified atom stereocenters. The second-order valence-corrected chi connectivity index (χ2v) is 8.57. The van der Waals surface area contributed by atoms with Gasteiger partial charge >= 0.3 is 0 Å². The van der Waals surface area contributed by atoms with E-state index in [0.717, 1.165) is 11.1 Å². The number of amides is 1. The zero-order chi connectivity index (χ0) is 20.7. The molecule has 0 fully saturated rings. The number of aryl methyl sites for hydroxylation is 1. The quantitative estimate of drug-likeness (QED) is 0.595. The molecule has 2 N–H and O–H groups in total. The number of rotatable bonds is 8. The lowest BCUT2D eigenvalue weighted by Gasteiger charge is -2.20. The zero-order valence-electron chi connectivity index (χ0n) is 16.2. The molecular formula is C23H24N2O3S. The fourth-order valence-corrected chi connectivity index (χ4v) is 4.02. The Morgan fingerprint density at radius 1 is 0.862 bits per heavy atom. The van der Waals surface area contributed by atoms with Crippen LogP contribution in [0.5, 0.6) is 0 Å². The fraction of sp³-hybridized carbons (Fsp3) is 0.174. The summed E-state index contributed by atoms with van der Waals surface area (Å²) in [6.07, 6.45) is 0.424. The Hall–Kier alpha value is -2.96. The molecule has 29 heavy (non-hydrogen) atoms. The molecule has 0 saturated carbocycles. The summed E-state index contributed by atoms with van der Waals surface area (Å²) in [5, 5.41) is 3.01. The molecule has 3 aromatic rings. The molecule has 3 aromatic carbocycles. The Balaban J connectivity index is 1.69. The van der Waals surface area contributed by atoms with Gasteiger partial charge in [0.2, 0.25) is 10.0 Å². The molecule has 0 aliphatic heterocycles. The van der Waals surface area contributed by atoms with Crippen molar-refractivity contribution in [3.05, 3.63) is 102 Å². The molecule has 3 rings (SSSR count). The first-order valence-corrected chi connectivity index (χ1v) is 10.9. The van der Waals surface area contributed by atoms with Crippen LogP contribution in [0, 0.1) is 6.92 Å². The van der Waals surface area contributed by atoms with Crippen LogP contribution in [-0.2, 0) is 10.0 Å². The molecule has 0 aliphatic rings. The Morgan fingerprint density at radius 2 is 1.45 bits per heavy atom. The van der Waals surface area contributed by atoms with Crippen molar-refractivity contribution in [1.82, 2.24) is 10.0 Å². The largest absolute Gasteiger partial charge is 0.345 e. The van der Waals surface area contributed by atoms with Crippen LogP contribution in [0.3, 0.4) is 0 Å². The maximum Gasteiger partial charge on any atom is 0.251 e. The van der Waals surface area contributed by atoms with Gasteiger partial charge in [0, 0.05) is 12.1 Å². The third-order valence-corrected chi connectivity index (χ3v) is 6.08. The summed E-state index contributed by atoms with van der Waals surface area (Å²) < 4.78 is 27.6. The van der Waals surface area contributed by atoms with Crippen molar-refractivity contribution in [2.24, 2.45) is 0 Å². The van der Waals surface area contributed by atoms with Gasteiger partial charge in [0.15, 0.2) is 0 Å². The van der Waals surface area contributed by atoms with E-state index in [1.165, 1.54) is 0 Å². The molecule has 1 amide bonds. The van der Waals surface area contributed by atoms with Crippen molar-refractivity contribution in [1.29, 1.82) is 0 Å². The molecule has 6 heteroatoms. The van der Waals surface area contributed by atoms with Crippen LogP contribution in [0.1, 0.15) is 33.9 Å². The molecule has 0 aromatic heterocycles. The molecule has 5 nitrogen and oxygen atoms in total. The second kappa shape index (κ2) is 9.49.